The summed E-state index contributed by atoms with van der Waals surface area (Å²) in [5.74, 6) is 0.592. The number of nitrogens with zero attached hydrogens (tertiary/aromatic N) is 2. The maximum absolute atomic E-state index is 14.5. The molecule has 0 aliphatic carbocycles. The predicted molar refractivity (Wildman–Crippen MR) is 117 cm³/mol. The number of likely N-dealkylation sites (tertiary alicyclic amines) is 1. The highest BCUT2D eigenvalue weighted by molar-refractivity contribution is 6.15. The number of ether oxygens (including phenoxy) is 2. The lowest BCUT2D eigenvalue weighted by molar-refractivity contribution is -0.125. The van der Waals surface area contributed by atoms with Gasteiger partial charge in [0, 0.05) is 25.2 Å². The van der Waals surface area contributed by atoms with Gasteiger partial charge in [0.1, 0.15) is 11.4 Å². The van der Waals surface area contributed by atoms with Crippen LogP contribution in [0.2, 0.25) is 0 Å². The van der Waals surface area contributed by atoms with Crippen molar-refractivity contribution < 1.29 is 18.7 Å². The van der Waals surface area contributed by atoms with Crippen LogP contribution in [0.25, 0.3) is 0 Å². The number of rotatable bonds is 7. The summed E-state index contributed by atoms with van der Waals surface area (Å²) in [6.45, 7) is 6.51. The summed E-state index contributed by atoms with van der Waals surface area (Å²) in [4.78, 5) is 19.8. The number of hydrogen-bond donors (Lipinski definition) is 1. The Morgan fingerprint density at radius 1 is 1.06 bits per heavy atom. The maximum atomic E-state index is 14.5. The van der Waals surface area contributed by atoms with E-state index in [2.05, 4.69) is 10.2 Å². The van der Waals surface area contributed by atoms with E-state index < -0.39 is 11.4 Å². The van der Waals surface area contributed by atoms with E-state index >= 15 is 0 Å². The summed E-state index contributed by atoms with van der Waals surface area (Å²) < 4.78 is 25.4. The van der Waals surface area contributed by atoms with Gasteiger partial charge in [-0.25, -0.2) is 0 Å². The van der Waals surface area contributed by atoms with Crippen molar-refractivity contribution in [3.63, 3.8) is 0 Å². The van der Waals surface area contributed by atoms with Crippen LogP contribution < -0.4 is 14.8 Å². The van der Waals surface area contributed by atoms with E-state index in [4.69, 9.17) is 14.5 Å². The molecule has 6 nitrogen and oxygen atoms in total. The molecule has 2 aliphatic heterocycles. The van der Waals surface area contributed by atoms with Crippen molar-refractivity contribution in [1.82, 2.24) is 10.2 Å². The molecule has 1 amide bonds. The van der Waals surface area contributed by atoms with Gasteiger partial charge in [-0.3, -0.25) is 14.7 Å². The van der Waals surface area contributed by atoms with Crippen LogP contribution in [0.1, 0.15) is 37.8 Å². The molecule has 1 fully saturated rings. The standard InChI is InChI=1S/C24H28FN3O3/c1-3-30-19-14-17(15-20(21(19)25)31-4-2)16-28-12-10-24(11-13-28)23(29)26-22(27-24)18-8-6-5-7-9-18/h5-9,14-15H,3-4,10-13,16H2,1-2H3,(H,26,27,29). The third-order valence-electron chi connectivity index (χ3n) is 5.78. The largest absolute Gasteiger partial charge is 0.491 e. The first-order valence-electron chi connectivity index (χ1n) is 10.8. The third kappa shape index (κ3) is 4.42. The topological polar surface area (TPSA) is 63.2 Å². The summed E-state index contributed by atoms with van der Waals surface area (Å²) >= 11 is 0. The van der Waals surface area contributed by atoms with Gasteiger partial charge in [-0.15, -0.1) is 0 Å². The summed E-state index contributed by atoms with van der Waals surface area (Å²) in [6.07, 6.45) is 1.29. The number of amides is 1. The number of hydrogen-bond acceptors (Lipinski definition) is 5. The molecule has 31 heavy (non-hydrogen) atoms. The molecule has 0 saturated carbocycles. The molecule has 0 atom stereocenters. The first kappa shape index (κ1) is 21.3. The van der Waals surface area contributed by atoms with Crippen LogP contribution in [0.15, 0.2) is 47.5 Å². The van der Waals surface area contributed by atoms with Crippen molar-refractivity contribution in [3.05, 3.63) is 59.4 Å². The van der Waals surface area contributed by atoms with Crippen LogP contribution in [0.4, 0.5) is 4.39 Å². The number of amidine groups is 1. The third-order valence-corrected chi connectivity index (χ3v) is 5.78. The number of piperidine rings is 1. The maximum Gasteiger partial charge on any atom is 0.253 e. The van der Waals surface area contributed by atoms with Crippen molar-refractivity contribution in [2.75, 3.05) is 26.3 Å². The first-order chi connectivity index (χ1) is 15.0. The molecule has 7 heteroatoms. The summed E-state index contributed by atoms with van der Waals surface area (Å²) in [5.41, 5.74) is 1.15. The van der Waals surface area contributed by atoms with Gasteiger partial charge in [-0.2, -0.15) is 4.39 Å². The number of aliphatic imine (C=N–C) groups is 1. The minimum atomic E-state index is -0.697. The molecule has 2 aromatic rings. The molecule has 2 aromatic carbocycles. The Morgan fingerprint density at radius 3 is 2.26 bits per heavy atom. The minimum absolute atomic E-state index is 0.0231. The van der Waals surface area contributed by atoms with Gasteiger partial charge in [0.2, 0.25) is 5.82 Å². The molecule has 1 saturated heterocycles. The summed E-state index contributed by atoms with van der Waals surface area (Å²) in [5, 5.41) is 2.96. The molecule has 0 unspecified atom stereocenters. The van der Waals surface area contributed by atoms with Crippen LogP contribution in [0.5, 0.6) is 11.5 Å². The number of nitrogens with one attached hydrogen (secondary N) is 1. The van der Waals surface area contributed by atoms with Crippen LogP contribution >= 0.6 is 0 Å². The number of benzene rings is 2. The van der Waals surface area contributed by atoms with Gasteiger partial charge >= 0.3 is 0 Å². The quantitative estimate of drug-likeness (QED) is 0.737. The first-order valence-corrected chi connectivity index (χ1v) is 10.8. The smallest absolute Gasteiger partial charge is 0.253 e. The Balaban J connectivity index is 1.46. The van der Waals surface area contributed by atoms with E-state index in [0.29, 0.717) is 38.4 Å². The second-order valence-electron chi connectivity index (χ2n) is 7.86. The number of carbonyl (C=O) groups is 1. The highest BCUT2D eigenvalue weighted by atomic mass is 19.1. The Bertz CT molecular complexity index is 942. The molecule has 0 bridgehead atoms. The fourth-order valence-electron chi connectivity index (χ4n) is 4.17. The Labute approximate surface area is 182 Å². The lowest BCUT2D eigenvalue weighted by Crippen LogP contribution is -2.48. The zero-order chi connectivity index (χ0) is 21.8. The molecule has 164 valence electrons. The van der Waals surface area contributed by atoms with Crippen molar-refractivity contribution in [3.8, 4) is 11.5 Å². The zero-order valence-electron chi connectivity index (χ0n) is 18.0. The van der Waals surface area contributed by atoms with E-state index in [1.54, 1.807) is 12.1 Å². The molecular weight excluding hydrogens is 397 g/mol. The van der Waals surface area contributed by atoms with Crippen LogP contribution in [-0.4, -0.2) is 48.5 Å². The van der Waals surface area contributed by atoms with Gasteiger partial charge in [-0.1, -0.05) is 30.3 Å². The van der Waals surface area contributed by atoms with Crippen molar-refractivity contribution >= 4 is 11.7 Å². The monoisotopic (exact) mass is 425 g/mol. The van der Waals surface area contributed by atoms with Gasteiger partial charge in [-0.05, 0) is 44.4 Å². The highest BCUT2D eigenvalue weighted by Gasteiger charge is 2.45. The molecule has 2 heterocycles. The van der Waals surface area contributed by atoms with E-state index in [9.17, 15) is 9.18 Å². The fraction of sp³-hybridized carbons (Fsp3) is 0.417. The van der Waals surface area contributed by atoms with Crippen molar-refractivity contribution in [1.29, 1.82) is 0 Å². The van der Waals surface area contributed by atoms with Gasteiger partial charge < -0.3 is 14.8 Å². The van der Waals surface area contributed by atoms with E-state index in [0.717, 1.165) is 24.2 Å². The van der Waals surface area contributed by atoms with Crippen molar-refractivity contribution in [2.24, 2.45) is 4.99 Å². The Morgan fingerprint density at radius 2 is 1.68 bits per heavy atom. The van der Waals surface area contributed by atoms with Gasteiger partial charge in [0.25, 0.3) is 5.91 Å². The second kappa shape index (κ2) is 9.06. The molecule has 4 rings (SSSR count). The summed E-state index contributed by atoms with van der Waals surface area (Å²) in [6, 6.07) is 13.2. The average Bonchev–Trinajstić information content (AvgIpc) is 3.10. The predicted octanol–water partition coefficient (Wildman–Crippen LogP) is 3.53. The second-order valence-corrected chi connectivity index (χ2v) is 7.86. The number of carbonyl (C=O) groups excluding carboxylic acids is 1. The Hall–Kier alpha value is -2.93. The lowest BCUT2D eigenvalue weighted by Gasteiger charge is -2.35. The molecule has 2 aliphatic rings. The summed E-state index contributed by atoms with van der Waals surface area (Å²) in [7, 11) is 0. The van der Waals surface area contributed by atoms with Crippen LogP contribution in [0, 0.1) is 5.82 Å². The van der Waals surface area contributed by atoms with E-state index in [-0.39, 0.29) is 17.4 Å². The zero-order valence-corrected chi connectivity index (χ0v) is 18.0. The highest BCUT2D eigenvalue weighted by Crippen LogP contribution is 2.33. The molecular formula is C24H28FN3O3. The van der Waals surface area contributed by atoms with E-state index in [1.165, 1.54) is 0 Å². The minimum Gasteiger partial charge on any atom is -0.491 e. The molecule has 0 radical (unpaired) electrons. The van der Waals surface area contributed by atoms with Crippen LogP contribution in [-0.2, 0) is 11.3 Å². The van der Waals surface area contributed by atoms with Gasteiger partial charge in [0.05, 0.1) is 13.2 Å². The molecule has 1 spiro atoms. The van der Waals surface area contributed by atoms with Gasteiger partial charge in [0.15, 0.2) is 11.5 Å². The Kier molecular flexibility index (Phi) is 6.23. The van der Waals surface area contributed by atoms with Crippen LogP contribution in [0.3, 0.4) is 0 Å². The van der Waals surface area contributed by atoms with Crippen molar-refractivity contribution in [2.45, 2.75) is 38.8 Å². The number of halogens is 1. The average molecular weight is 426 g/mol. The van der Waals surface area contributed by atoms with E-state index in [1.807, 2.05) is 44.2 Å². The normalized spacial score (nSPS) is 18.0. The molecule has 1 N–H and O–H groups in total. The SMILES string of the molecule is CCOc1cc(CN2CCC3(CC2)N=C(c2ccccc2)NC3=O)cc(OCC)c1F. The molecule has 0 aromatic heterocycles. The lowest BCUT2D eigenvalue weighted by atomic mass is 9.88. The fourth-order valence-corrected chi connectivity index (χ4v) is 4.17.